The van der Waals surface area contributed by atoms with E-state index in [1.807, 2.05) is 18.2 Å². The number of nitrogens with zero attached hydrogens (tertiary/aromatic N) is 2. The Morgan fingerprint density at radius 3 is 2.64 bits per heavy atom. The molecule has 0 aliphatic rings. The Bertz CT molecular complexity index is 889. The van der Waals surface area contributed by atoms with Gasteiger partial charge in [0.25, 0.3) is 5.91 Å². The molecule has 0 aliphatic heterocycles. The number of pyridine rings is 1. The topological polar surface area (TPSA) is 46.4 Å². The van der Waals surface area contributed by atoms with Gasteiger partial charge in [-0.1, -0.05) is 40.9 Å². The molecule has 3 rings (SSSR count). The smallest absolute Gasteiger partial charge is 0.274 e. The number of amides is 1. The first-order valence-electron chi connectivity index (χ1n) is 6.37. The van der Waals surface area contributed by atoms with E-state index in [-0.39, 0.29) is 5.91 Å². The maximum Gasteiger partial charge on any atom is 0.274 e. The summed E-state index contributed by atoms with van der Waals surface area (Å²) in [7, 11) is 0. The fourth-order valence-electron chi connectivity index (χ4n) is 2.19. The largest absolute Gasteiger partial charge is 0.319 e. The Balaban J connectivity index is 2.01. The van der Waals surface area contributed by atoms with Crippen LogP contribution in [0.4, 0.5) is 5.69 Å². The predicted molar refractivity (Wildman–Crippen MR) is 89.4 cm³/mol. The van der Waals surface area contributed by atoms with Gasteiger partial charge in [0.15, 0.2) is 0 Å². The molecule has 22 heavy (non-hydrogen) atoms. The molecule has 2 heterocycles. The normalized spacial score (nSPS) is 10.9. The van der Waals surface area contributed by atoms with Gasteiger partial charge in [-0.15, -0.1) is 0 Å². The van der Waals surface area contributed by atoms with Crippen LogP contribution in [0.3, 0.4) is 0 Å². The second kappa shape index (κ2) is 5.80. The lowest BCUT2D eigenvalue weighted by Crippen LogP contribution is -2.15. The first-order valence-corrected chi connectivity index (χ1v) is 7.50. The molecule has 0 fully saturated rings. The van der Waals surface area contributed by atoms with Crippen LogP contribution < -0.4 is 5.32 Å². The predicted octanol–water partition coefficient (Wildman–Crippen LogP) is 4.86. The van der Waals surface area contributed by atoms with Gasteiger partial charge in [-0.3, -0.25) is 9.20 Å². The summed E-state index contributed by atoms with van der Waals surface area (Å²) in [6.07, 6.45) is 1.78. The van der Waals surface area contributed by atoms with E-state index in [1.165, 1.54) is 12.1 Å². The average Bonchev–Trinajstić information content (AvgIpc) is 2.80. The maximum absolute atomic E-state index is 12.6. The number of hydrogen-bond donors (Lipinski definition) is 1. The van der Waals surface area contributed by atoms with E-state index in [2.05, 4.69) is 10.3 Å². The van der Waals surface area contributed by atoms with Crippen molar-refractivity contribution in [3.8, 4) is 0 Å². The van der Waals surface area contributed by atoms with Crippen molar-refractivity contribution in [3.63, 3.8) is 0 Å². The fourth-order valence-corrected chi connectivity index (χ4v) is 2.78. The highest BCUT2D eigenvalue weighted by molar-refractivity contribution is 6.44. The summed E-state index contributed by atoms with van der Waals surface area (Å²) >= 11 is 17.9. The highest BCUT2D eigenvalue weighted by Crippen LogP contribution is 2.32. The van der Waals surface area contributed by atoms with Crippen molar-refractivity contribution in [2.24, 2.45) is 0 Å². The number of halogens is 3. The lowest BCUT2D eigenvalue weighted by atomic mass is 10.2. The molecule has 1 N–H and O–H groups in total. The Kier molecular flexibility index (Phi) is 4.00. The second-order valence-electron chi connectivity index (χ2n) is 4.67. The van der Waals surface area contributed by atoms with Crippen LogP contribution in [0.1, 0.15) is 16.2 Å². The first kappa shape index (κ1) is 15.2. The van der Waals surface area contributed by atoms with Gasteiger partial charge in [0.05, 0.1) is 26.4 Å². The number of aryl methyl sites for hydroxylation is 1. The molecule has 3 aromatic rings. The van der Waals surface area contributed by atoms with Crippen molar-refractivity contribution < 1.29 is 4.79 Å². The summed E-state index contributed by atoms with van der Waals surface area (Å²) in [6, 6.07) is 8.53. The lowest BCUT2D eigenvalue weighted by molar-refractivity contribution is 0.102. The number of benzene rings is 1. The quantitative estimate of drug-likeness (QED) is 0.668. The minimum Gasteiger partial charge on any atom is -0.319 e. The van der Waals surface area contributed by atoms with Gasteiger partial charge in [-0.2, -0.15) is 0 Å². The molecule has 4 nitrogen and oxygen atoms in total. The molecule has 0 saturated carbocycles. The molecule has 7 heteroatoms. The van der Waals surface area contributed by atoms with Gasteiger partial charge in [0.1, 0.15) is 11.3 Å². The van der Waals surface area contributed by atoms with Gasteiger partial charge in [0.2, 0.25) is 0 Å². The monoisotopic (exact) mass is 353 g/mol. The molecule has 1 amide bonds. The molecule has 112 valence electrons. The highest BCUT2D eigenvalue weighted by Gasteiger charge is 2.18. The molecular weight excluding hydrogens is 345 g/mol. The molecule has 0 spiro atoms. The van der Waals surface area contributed by atoms with Crippen LogP contribution in [-0.2, 0) is 0 Å². The van der Waals surface area contributed by atoms with E-state index in [0.29, 0.717) is 37.8 Å². The molecular formula is C15H10Cl3N3O. The number of nitrogens with one attached hydrogen (secondary N) is 1. The number of rotatable bonds is 2. The SMILES string of the molecule is Cc1nc2ccccn2c1C(=O)Nc1cc(Cl)c(Cl)cc1Cl. The number of imidazole rings is 1. The zero-order valence-electron chi connectivity index (χ0n) is 11.4. The standard InChI is InChI=1S/C15H10Cl3N3O/c1-8-14(21-5-3-2-4-13(21)19-8)15(22)20-12-7-10(17)9(16)6-11(12)18/h2-7H,1H3,(H,20,22). The number of anilines is 1. The van der Waals surface area contributed by atoms with Crippen molar-refractivity contribution in [1.29, 1.82) is 0 Å². The van der Waals surface area contributed by atoms with E-state index in [9.17, 15) is 4.79 Å². The molecule has 0 aliphatic carbocycles. The van der Waals surface area contributed by atoms with Crippen molar-refractivity contribution in [2.45, 2.75) is 6.92 Å². The number of carbonyl (C=O) groups is 1. The number of fused-ring (bicyclic) bond motifs is 1. The van der Waals surface area contributed by atoms with E-state index in [4.69, 9.17) is 34.8 Å². The third kappa shape index (κ3) is 2.65. The third-order valence-corrected chi connectivity index (χ3v) is 4.21. The summed E-state index contributed by atoms with van der Waals surface area (Å²) in [6.45, 7) is 1.78. The van der Waals surface area contributed by atoms with Crippen molar-refractivity contribution >= 4 is 52.0 Å². The number of hydrogen-bond acceptors (Lipinski definition) is 2. The Morgan fingerprint density at radius 2 is 1.86 bits per heavy atom. The maximum atomic E-state index is 12.6. The molecule has 0 saturated heterocycles. The summed E-state index contributed by atoms with van der Waals surface area (Å²) in [4.78, 5) is 16.9. The van der Waals surface area contributed by atoms with Crippen LogP contribution in [0.2, 0.25) is 15.1 Å². The minimum atomic E-state index is -0.323. The summed E-state index contributed by atoms with van der Waals surface area (Å²) in [5.41, 5.74) is 2.16. The van der Waals surface area contributed by atoms with Gasteiger partial charge in [-0.05, 0) is 31.2 Å². The van der Waals surface area contributed by atoms with E-state index < -0.39 is 0 Å². The number of aromatic nitrogens is 2. The van der Waals surface area contributed by atoms with Gasteiger partial charge >= 0.3 is 0 Å². The zero-order chi connectivity index (χ0) is 15.9. The van der Waals surface area contributed by atoms with Gasteiger partial charge < -0.3 is 5.32 Å². The summed E-state index contributed by atoms with van der Waals surface area (Å²) in [5, 5.41) is 3.70. The summed E-state index contributed by atoms with van der Waals surface area (Å²) < 4.78 is 1.72. The molecule has 0 unspecified atom stereocenters. The lowest BCUT2D eigenvalue weighted by Gasteiger charge is -2.09. The van der Waals surface area contributed by atoms with Crippen LogP contribution in [0.25, 0.3) is 5.65 Å². The first-order chi connectivity index (χ1) is 10.5. The minimum absolute atomic E-state index is 0.314. The van der Waals surface area contributed by atoms with E-state index in [0.717, 1.165) is 0 Å². The molecule has 2 aromatic heterocycles. The van der Waals surface area contributed by atoms with Crippen molar-refractivity contribution in [1.82, 2.24) is 9.38 Å². The average molecular weight is 355 g/mol. The van der Waals surface area contributed by atoms with Crippen LogP contribution in [-0.4, -0.2) is 15.3 Å². The van der Waals surface area contributed by atoms with Crippen LogP contribution in [0, 0.1) is 6.92 Å². The van der Waals surface area contributed by atoms with Crippen LogP contribution >= 0.6 is 34.8 Å². The Hall–Kier alpha value is -1.75. The van der Waals surface area contributed by atoms with Crippen molar-refractivity contribution in [3.05, 3.63) is 63.0 Å². The third-order valence-electron chi connectivity index (χ3n) is 3.18. The van der Waals surface area contributed by atoms with Crippen molar-refractivity contribution in [2.75, 3.05) is 5.32 Å². The summed E-state index contributed by atoms with van der Waals surface area (Å²) in [5.74, 6) is -0.323. The second-order valence-corrected chi connectivity index (χ2v) is 5.90. The Morgan fingerprint density at radius 1 is 1.14 bits per heavy atom. The highest BCUT2D eigenvalue weighted by atomic mass is 35.5. The van der Waals surface area contributed by atoms with Crippen LogP contribution in [0.15, 0.2) is 36.5 Å². The fraction of sp³-hybridized carbons (Fsp3) is 0.0667. The molecule has 0 atom stereocenters. The van der Waals surface area contributed by atoms with E-state index >= 15 is 0 Å². The molecule has 0 bridgehead atoms. The van der Waals surface area contributed by atoms with E-state index in [1.54, 1.807) is 17.5 Å². The van der Waals surface area contributed by atoms with Gasteiger partial charge in [-0.25, -0.2) is 4.98 Å². The molecule has 1 aromatic carbocycles. The Labute approximate surface area is 141 Å². The molecule has 0 radical (unpaired) electrons. The van der Waals surface area contributed by atoms with Gasteiger partial charge in [0, 0.05) is 6.20 Å². The zero-order valence-corrected chi connectivity index (χ0v) is 13.7. The number of carbonyl (C=O) groups excluding carboxylic acids is 1. The van der Waals surface area contributed by atoms with Crippen LogP contribution in [0.5, 0.6) is 0 Å².